The molecule has 2 aromatic rings. The number of anilines is 1. The second-order valence-corrected chi connectivity index (χ2v) is 7.83. The molecule has 0 fully saturated rings. The Balaban J connectivity index is 2.05. The van der Waals surface area contributed by atoms with E-state index >= 15 is 0 Å². The van der Waals surface area contributed by atoms with Crippen LogP contribution < -0.4 is 5.32 Å². The maximum absolute atomic E-state index is 12.5. The van der Waals surface area contributed by atoms with E-state index < -0.39 is 12.1 Å². The molecule has 2 rings (SSSR count). The van der Waals surface area contributed by atoms with E-state index in [0.29, 0.717) is 5.56 Å². The molecule has 0 saturated heterocycles. The Morgan fingerprint density at radius 3 is 2.26 bits per heavy atom. The van der Waals surface area contributed by atoms with Crippen molar-refractivity contribution >= 4 is 17.6 Å². The standard InChI is InChI=1S/C23H29NO3/c1-7-17-10-8-9-15(2)20(17)24-21(25)16(3)27-22(26)18-11-13-19(14-12-18)23(4,5)6/h8-14,16H,7H2,1-6H3,(H,24,25). The molecule has 0 bridgehead atoms. The van der Waals surface area contributed by atoms with Crippen molar-refractivity contribution in [2.24, 2.45) is 0 Å². The third-order valence-electron chi connectivity index (χ3n) is 4.63. The van der Waals surface area contributed by atoms with E-state index in [-0.39, 0.29) is 11.3 Å². The highest BCUT2D eigenvalue weighted by Gasteiger charge is 2.21. The van der Waals surface area contributed by atoms with Gasteiger partial charge in [0.15, 0.2) is 6.10 Å². The van der Waals surface area contributed by atoms with Gasteiger partial charge >= 0.3 is 5.97 Å². The van der Waals surface area contributed by atoms with Crippen LogP contribution in [0, 0.1) is 6.92 Å². The van der Waals surface area contributed by atoms with Gasteiger partial charge in [-0.05, 0) is 54.5 Å². The van der Waals surface area contributed by atoms with Crippen LogP contribution in [0.5, 0.6) is 0 Å². The maximum atomic E-state index is 12.5. The number of aryl methyl sites for hydroxylation is 2. The van der Waals surface area contributed by atoms with Gasteiger partial charge in [0.05, 0.1) is 5.56 Å². The number of ether oxygens (including phenoxy) is 1. The highest BCUT2D eigenvalue weighted by Crippen LogP contribution is 2.23. The summed E-state index contributed by atoms with van der Waals surface area (Å²) < 4.78 is 5.36. The number of nitrogens with one attached hydrogen (secondary N) is 1. The van der Waals surface area contributed by atoms with E-state index in [1.165, 1.54) is 0 Å². The topological polar surface area (TPSA) is 55.4 Å². The van der Waals surface area contributed by atoms with Crippen LogP contribution in [0.25, 0.3) is 0 Å². The fourth-order valence-electron chi connectivity index (χ4n) is 2.82. The van der Waals surface area contributed by atoms with Crippen LogP contribution >= 0.6 is 0 Å². The molecule has 4 heteroatoms. The zero-order valence-corrected chi connectivity index (χ0v) is 17.1. The van der Waals surface area contributed by atoms with Gasteiger partial charge in [-0.15, -0.1) is 0 Å². The third kappa shape index (κ3) is 5.19. The number of rotatable bonds is 5. The predicted octanol–water partition coefficient (Wildman–Crippen LogP) is 5.04. The van der Waals surface area contributed by atoms with Gasteiger partial charge in [-0.25, -0.2) is 4.79 Å². The van der Waals surface area contributed by atoms with E-state index in [1.54, 1.807) is 19.1 Å². The first-order valence-electron chi connectivity index (χ1n) is 9.34. The Morgan fingerprint density at radius 1 is 1.07 bits per heavy atom. The molecule has 27 heavy (non-hydrogen) atoms. The fourth-order valence-corrected chi connectivity index (χ4v) is 2.82. The second-order valence-electron chi connectivity index (χ2n) is 7.83. The number of esters is 1. The smallest absolute Gasteiger partial charge is 0.338 e. The van der Waals surface area contributed by atoms with Crippen LogP contribution in [0.1, 0.15) is 61.7 Å². The summed E-state index contributed by atoms with van der Waals surface area (Å²) in [5.41, 5.74) is 4.42. The van der Waals surface area contributed by atoms with Crippen LogP contribution in [-0.2, 0) is 21.4 Å². The average Bonchev–Trinajstić information content (AvgIpc) is 2.62. The molecular weight excluding hydrogens is 338 g/mol. The summed E-state index contributed by atoms with van der Waals surface area (Å²) in [4.78, 5) is 24.9. The van der Waals surface area contributed by atoms with Gasteiger partial charge in [0.2, 0.25) is 0 Å². The summed E-state index contributed by atoms with van der Waals surface area (Å²) in [7, 11) is 0. The molecule has 0 aliphatic heterocycles. The monoisotopic (exact) mass is 367 g/mol. The lowest BCUT2D eigenvalue weighted by atomic mass is 9.87. The quantitative estimate of drug-likeness (QED) is 0.753. The first-order valence-corrected chi connectivity index (χ1v) is 9.34. The van der Waals surface area contributed by atoms with Gasteiger partial charge in [-0.2, -0.15) is 0 Å². The second kappa shape index (κ2) is 8.38. The average molecular weight is 367 g/mol. The van der Waals surface area contributed by atoms with Gasteiger partial charge in [-0.3, -0.25) is 4.79 Å². The van der Waals surface area contributed by atoms with Gasteiger partial charge in [0, 0.05) is 5.69 Å². The molecule has 0 spiro atoms. The number of hydrogen-bond acceptors (Lipinski definition) is 3. The Bertz CT molecular complexity index is 817. The summed E-state index contributed by atoms with van der Waals surface area (Å²) in [5.74, 6) is -0.836. The predicted molar refractivity (Wildman–Crippen MR) is 109 cm³/mol. The molecule has 0 heterocycles. The molecule has 0 aromatic heterocycles. The number of carbonyl (C=O) groups is 2. The molecular formula is C23H29NO3. The molecule has 0 radical (unpaired) electrons. The lowest BCUT2D eigenvalue weighted by molar-refractivity contribution is -0.123. The van der Waals surface area contributed by atoms with Crippen LogP contribution in [0.2, 0.25) is 0 Å². The zero-order chi connectivity index (χ0) is 20.2. The summed E-state index contributed by atoms with van der Waals surface area (Å²) in [5, 5.41) is 2.90. The molecule has 2 aromatic carbocycles. The number of amides is 1. The third-order valence-corrected chi connectivity index (χ3v) is 4.63. The van der Waals surface area contributed by atoms with Gasteiger partial charge in [-0.1, -0.05) is 58.0 Å². The highest BCUT2D eigenvalue weighted by molar-refractivity contribution is 5.98. The molecule has 0 saturated carbocycles. The SMILES string of the molecule is CCc1cccc(C)c1NC(=O)C(C)OC(=O)c1ccc(C(C)(C)C)cc1. The van der Waals surface area contributed by atoms with Gasteiger partial charge in [0.25, 0.3) is 5.91 Å². The summed E-state index contributed by atoms with van der Waals surface area (Å²) in [6.45, 7) is 11.9. The molecule has 1 unspecified atom stereocenters. The lowest BCUT2D eigenvalue weighted by Gasteiger charge is -2.19. The van der Waals surface area contributed by atoms with Gasteiger partial charge < -0.3 is 10.1 Å². The lowest BCUT2D eigenvalue weighted by Crippen LogP contribution is -2.30. The minimum Gasteiger partial charge on any atom is -0.449 e. The number of para-hydroxylation sites is 1. The fraction of sp³-hybridized carbons (Fsp3) is 0.391. The van der Waals surface area contributed by atoms with Crippen molar-refractivity contribution in [3.8, 4) is 0 Å². The van der Waals surface area contributed by atoms with Crippen LogP contribution in [0.15, 0.2) is 42.5 Å². The molecule has 1 amide bonds. The van der Waals surface area contributed by atoms with Crippen molar-refractivity contribution in [2.45, 2.75) is 59.5 Å². The molecule has 4 nitrogen and oxygen atoms in total. The van der Waals surface area contributed by atoms with Gasteiger partial charge in [0.1, 0.15) is 0 Å². The van der Waals surface area contributed by atoms with E-state index in [1.807, 2.05) is 44.2 Å². The first kappa shape index (κ1) is 20.7. The molecule has 1 N–H and O–H groups in total. The van der Waals surface area contributed by atoms with Crippen molar-refractivity contribution in [1.82, 2.24) is 0 Å². The van der Waals surface area contributed by atoms with Crippen molar-refractivity contribution < 1.29 is 14.3 Å². The van der Waals surface area contributed by atoms with Crippen LogP contribution in [0.3, 0.4) is 0 Å². The normalized spacial score (nSPS) is 12.4. The van der Waals surface area contributed by atoms with E-state index in [0.717, 1.165) is 28.8 Å². The van der Waals surface area contributed by atoms with E-state index in [2.05, 4.69) is 26.1 Å². The highest BCUT2D eigenvalue weighted by atomic mass is 16.5. The summed E-state index contributed by atoms with van der Waals surface area (Å²) in [6.07, 6.45) is -0.0740. The number of benzene rings is 2. The van der Waals surface area contributed by atoms with Crippen molar-refractivity contribution in [3.05, 3.63) is 64.7 Å². The van der Waals surface area contributed by atoms with E-state index in [4.69, 9.17) is 4.74 Å². The Labute approximate surface area is 161 Å². The number of hydrogen-bond donors (Lipinski definition) is 1. The Hall–Kier alpha value is -2.62. The van der Waals surface area contributed by atoms with Crippen molar-refractivity contribution in [3.63, 3.8) is 0 Å². The van der Waals surface area contributed by atoms with Crippen molar-refractivity contribution in [1.29, 1.82) is 0 Å². The maximum Gasteiger partial charge on any atom is 0.338 e. The Morgan fingerprint density at radius 2 is 1.70 bits per heavy atom. The summed E-state index contributed by atoms with van der Waals surface area (Å²) in [6, 6.07) is 13.2. The minimum atomic E-state index is -0.885. The van der Waals surface area contributed by atoms with Crippen LogP contribution in [-0.4, -0.2) is 18.0 Å². The van der Waals surface area contributed by atoms with Crippen molar-refractivity contribution in [2.75, 3.05) is 5.32 Å². The van der Waals surface area contributed by atoms with E-state index in [9.17, 15) is 9.59 Å². The first-order chi connectivity index (χ1) is 12.6. The number of carbonyl (C=O) groups excluding carboxylic acids is 2. The molecule has 0 aliphatic rings. The molecule has 1 atom stereocenters. The van der Waals surface area contributed by atoms with Crippen LogP contribution in [0.4, 0.5) is 5.69 Å². The molecule has 144 valence electrons. The summed E-state index contributed by atoms with van der Waals surface area (Å²) >= 11 is 0. The minimum absolute atomic E-state index is 0.0140. The zero-order valence-electron chi connectivity index (χ0n) is 17.1. The molecule has 0 aliphatic carbocycles. The largest absolute Gasteiger partial charge is 0.449 e. The Kier molecular flexibility index (Phi) is 6.42.